The van der Waals surface area contributed by atoms with Gasteiger partial charge in [-0.3, -0.25) is 0 Å². The normalized spacial score (nSPS) is 21.0. The maximum absolute atomic E-state index is 12.4. The third-order valence-electron chi connectivity index (χ3n) is 4.13. The number of methoxy groups -OCH3 is 2. The molecule has 2 aromatic rings. The Labute approximate surface area is 143 Å². The fraction of sp³-hybridized carbons (Fsp3) is 0.316. The standard InChI is InChI=1S/C19H20O3Se/c1-21-16-9-5-3-7-14(16)18-11-13(20)12-19(23-18)15-8-4-6-10-17(15)22-2/h3-10,18-19H,11-12H2,1-2H3. The first-order chi connectivity index (χ1) is 11.2. The van der Waals surface area contributed by atoms with Crippen LogP contribution in [0.1, 0.15) is 33.6 Å². The molecule has 23 heavy (non-hydrogen) atoms. The van der Waals surface area contributed by atoms with Gasteiger partial charge in [0.25, 0.3) is 0 Å². The van der Waals surface area contributed by atoms with E-state index in [4.69, 9.17) is 9.47 Å². The molecule has 4 heteroatoms. The van der Waals surface area contributed by atoms with Crippen molar-refractivity contribution in [1.82, 2.24) is 0 Å². The summed E-state index contributed by atoms with van der Waals surface area (Å²) in [6.45, 7) is 0. The predicted molar refractivity (Wildman–Crippen MR) is 91.5 cm³/mol. The first-order valence-electron chi connectivity index (χ1n) is 7.66. The molecule has 0 amide bonds. The molecule has 3 nitrogen and oxygen atoms in total. The van der Waals surface area contributed by atoms with Crippen molar-refractivity contribution >= 4 is 20.7 Å². The number of benzene rings is 2. The van der Waals surface area contributed by atoms with E-state index >= 15 is 0 Å². The fourth-order valence-corrected chi connectivity index (χ4v) is 6.47. The van der Waals surface area contributed by atoms with Crippen molar-refractivity contribution in [3.63, 3.8) is 0 Å². The van der Waals surface area contributed by atoms with Crippen molar-refractivity contribution in [3.05, 3.63) is 59.7 Å². The number of para-hydroxylation sites is 2. The van der Waals surface area contributed by atoms with Crippen LogP contribution in [-0.4, -0.2) is 35.0 Å². The first-order valence-corrected chi connectivity index (χ1v) is 9.63. The van der Waals surface area contributed by atoms with Gasteiger partial charge in [-0.1, -0.05) is 0 Å². The molecule has 120 valence electrons. The molecule has 1 saturated heterocycles. The predicted octanol–water partition coefficient (Wildman–Crippen LogP) is 3.55. The van der Waals surface area contributed by atoms with E-state index in [9.17, 15) is 4.79 Å². The summed E-state index contributed by atoms with van der Waals surface area (Å²) in [6.07, 6.45) is 1.23. The van der Waals surface area contributed by atoms with Gasteiger partial charge in [-0.15, -0.1) is 0 Å². The number of carbonyl (C=O) groups excluding carboxylic acids is 1. The Morgan fingerprint density at radius 1 is 0.826 bits per heavy atom. The quantitative estimate of drug-likeness (QED) is 0.767. The maximum atomic E-state index is 12.4. The van der Waals surface area contributed by atoms with Crippen LogP contribution in [0.2, 0.25) is 0 Å². The van der Waals surface area contributed by atoms with Crippen LogP contribution >= 0.6 is 0 Å². The average molecular weight is 375 g/mol. The molecule has 0 saturated carbocycles. The Hall–Kier alpha value is -1.77. The Kier molecular flexibility index (Phi) is 5.04. The van der Waals surface area contributed by atoms with E-state index in [-0.39, 0.29) is 24.6 Å². The summed E-state index contributed by atoms with van der Waals surface area (Å²) in [4.78, 5) is 12.9. The number of ketones is 1. The second kappa shape index (κ2) is 7.20. The van der Waals surface area contributed by atoms with Crippen molar-refractivity contribution in [1.29, 1.82) is 0 Å². The van der Waals surface area contributed by atoms with Gasteiger partial charge in [0, 0.05) is 0 Å². The Balaban J connectivity index is 1.92. The molecule has 0 spiro atoms. The summed E-state index contributed by atoms with van der Waals surface area (Å²) < 4.78 is 11.0. The molecule has 0 N–H and O–H groups in total. The summed E-state index contributed by atoms with van der Waals surface area (Å²) in [7, 11) is 3.38. The first kappa shape index (κ1) is 16.1. The van der Waals surface area contributed by atoms with E-state index < -0.39 is 0 Å². The fourth-order valence-electron chi connectivity index (χ4n) is 3.02. The number of Topliss-reactive ketones (excluding diaryl/α,β-unsaturated/α-hetero) is 1. The molecule has 0 aliphatic carbocycles. The Morgan fingerprint density at radius 3 is 1.70 bits per heavy atom. The number of carbonyl (C=O) groups is 1. The van der Waals surface area contributed by atoms with Gasteiger partial charge in [0.2, 0.25) is 0 Å². The van der Waals surface area contributed by atoms with E-state index in [0.717, 1.165) is 22.6 Å². The van der Waals surface area contributed by atoms with E-state index in [0.29, 0.717) is 18.6 Å². The van der Waals surface area contributed by atoms with Crippen LogP contribution in [0.5, 0.6) is 11.5 Å². The number of rotatable bonds is 4. The van der Waals surface area contributed by atoms with Crippen LogP contribution < -0.4 is 9.47 Å². The number of ether oxygens (including phenoxy) is 2. The van der Waals surface area contributed by atoms with Crippen LogP contribution in [0.4, 0.5) is 0 Å². The van der Waals surface area contributed by atoms with Gasteiger partial charge in [0.1, 0.15) is 0 Å². The molecule has 1 fully saturated rings. The summed E-state index contributed by atoms with van der Waals surface area (Å²) >= 11 is 0.275. The number of hydrogen-bond donors (Lipinski definition) is 0. The van der Waals surface area contributed by atoms with Crippen LogP contribution in [0.25, 0.3) is 0 Å². The van der Waals surface area contributed by atoms with Crippen LogP contribution in [0.3, 0.4) is 0 Å². The van der Waals surface area contributed by atoms with E-state index in [1.54, 1.807) is 14.2 Å². The summed E-state index contributed by atoms with van der Waals surface area (Å²) in [5, 5.41) is 0. The Bertz CT molecular complexity index is 641. The van der Waals surface area contributed by atoms with Crippen molar-refractivity contribution in [2.45, 2.75) is 22.5 Å². The van der Waals surface area contributed by atoms with Gasteiger partial charge in [0.05, 0.1) is 0 Å². The van der Waals surface area contributed by atoms with Crippen molar-refractivity contribution in [2.75, 3.05) is 14.2 Å². The zero-order chi connectivity index (χ0) is 16.2. The summed E-state index contributed by atoms with van der Waals surface area (Å²) in [5.41, 5.74) is 2.31. The van der Waals surface area contributed by atoms with Crippen LogP contribution in [-0.2, 0) is 4.79 Å². The Morgan fingerprint density at radius 2 is 1.26 bits per heavy atom. The van der Waals surface area contributed by atoms with Crippen LogP contribution in [0.15, 0.2) is 48.5 Å². The van der Waals surface area contributed by atoms with Gasteiger partial charge in [0.15, 0.2) is 0 Å². The van der Waals surface area contributed by atoms with E-state index in [1.165, 1.54) is 0 Å². The van der Waals surface area contributed by atoms with Gasteiger partial charge >= 0.3 is 143 Å². The molecule has 3 rings (SSSR count). The molecule has 2 aromatic carbocycles. The molecule has 2 atom stereocenters. The van der Waals surface area contributed by atoms with Crippen molar-refractivity contribution in [2.24, 2.45) is 0 Å². The molecule has 1 aliphatic rings. The molecular weight excluding hydrogens is 355 g/mol. The molecule has 1 heterocycles. The monoisotopic (exact) mass is 376 g/mol. The van der Waals surface area contributed by atoms with Crippen LogP contribution in [0, 0.1) is 0 Å². The van der Waals surface area contributed by atoms with E-state index in [2.05, 4.69) is 12.1 Å². The van der Waals surface area contributed by atoms with E-state index in [1.807, 2.05) is 36.4 Å². The average Bonchev–Trinajstić information content (AvgIpc) is 2.61. The zero-order valence-electron chi connectivity index (χ0n) is 13.3. The SMILES string of the molecule is COc1ccccc1C1CC(=O)CC(c2ccccc2OC)[Se]1. The van der Waals surface area contributed by atoms with Crippen molar-refractivity contribution in [3.8, 4) is 11.5 Å². The summed E-state index contributed by atoms with van der Waals surface area (Å²) in [5.74, 6) is 2.09. The molecule has 0 aromatic heterocycles. The molecule has 0 bridgehead atoms. The van der Waals surface area contributed by atoms with Gasteiger partial charge in [-0.2, -0.15) is 0 Å². The summed E-state index contributed by atoms with van der Waals surface area (Å²) in [6, 6.07) is 16.1. The van der Waals surface area contributed by atoms with Crippen molar-refractivity contribution < 1.29 is 14.3 Å². The minimum atomic E-state index is 0.259. The third-order valence-corrected chi connectivity index (χ3v) is 7.27. The number of hydrogen-bond acceptors (Lipinski definition) is 3. The third kappa shape index (κ3) is 3.44. The van der Waals surface area contributed by atoms with Gasteiger partial charge < -0.3 is 0 Å². The van der Waals surface area contributed by atoms with Gasteiger partial charge in [-0.25, -0.2) is 0 Å². The minimum absolute atomic E-state index is 0.259. The molecule has 1 aliphatic heterocycles. The van der Waals surface area contributed by atoms with Gasteiger partial charge in [-0.05, 0) is 0 Å². The zero-order valence-corrected chi connectivity index (χ0v) is 15.0. The second-order valence-corrected chi connectivity index (χ2v) is 8.50. The molecule has 0 radical (unpaired) electrons. The molecule has 2 unspecified atom stereocenters. The second-order valence-electron chi connectivity index (χ2n) is 5.54. The topological polar surface area (TPSA) is 35.5 Å². The molecular formula is C19H20O3Se.